The molecule has 0 aromatic heterocycles. The van der Waals surface area contributed by atoms with E-state index in [1.807, 2.05) is 6.07 Å². The van der Waals surface area contributed by atoms with Gasteiger partial charge in [-0.25, -0.2) is 0 Å². The predicted molar refractivity (Wildman–Crippen MR) is 62.7 cm³/mol. The van der Waals surface area contributed by atoms with Crippen LogP contribution in [0.5, 0.6) is 11.5 Å². The second-order valence-electron chi connectivity index (χ2n) is 4.54. The Morgan fingerprint density at radius 1 is 1.00 bits per heavy atom. The van der Waals surface area contributed by atoms with Crippen molar-refractivity contribution in [3.63, 3.8) is 0 Å². The molecule has 84 valence electrons. The summed E-state index contributed by atoms with van der Waals surface area (Å²) in [5.74, 6) is 1.39. The highest BCUT2D eigenvalue weighted by Gasteiger charge is 2.19. The van der Waals surface area contributed by atoms with Gasteiger partial charge in [-0.3, -0.25) is 0 Å². The second kappa shape index (κ2) is 4.01. The number of anilines is 1. The van der Waals surface area contributed by atoms with E-state index in [0.29, 0.717) is 5.75 Å². The molecule has 0 heterocycles. The maximum atomic E-state index is 5.97. The number of ether oxygens (including phenoxy) is 2. The van der Waals surface area contributed by atoms with Gasteiger partial charge in [0.25, 0.3) is 0 Å². The van der Waals surface area contributed by atoms with Gasteiger partial charge < -0.3 is 15.2 Å². The highest BCUT2D eigenvalue weighted by molar-refractivity contribution is 5.60. The summed E-state index contributed by atoms with van der Waals surface area (Å²) in [5.41, 5.74) is 7.78. The van der Waals surface area contributed by atoms with Crippen molar-refractivity contribution in [2.75, 3.05) is 20.0 Å². The van der Waals surface area contributed by atoms with E-state index in [9.17, 15) is 0 Å². The molecule has 0 atom stereocenters. The lowest BCUT2D eigenvalue weighted by atomic mass is 9.85. The van der Waals surface area contributed by atoms with Gasteiger partial charge in [0.2, 0.25) is 0 Å². The Kier molecular flexibility index (Phi) is 3.12. The van der Waals surface area contributed by atoms with Crippen LogP contribution in [-0.4, -0.2) is 14.2 Å². The fourth-order valence-electron chi connectivity index (χ4n) is 1.54. The number of benzene rings is 1. The molecule has 0 aliphatic heterocycles. The Bertz CT molecular complexity index is 353. The van der Waals surface area contributed by atoms with E-state index >= 15 is 0 Å². The molecule has 0 spiro atoms. The number of nitrogen functional groups attached to an aromatic ring is 1. The molecule has 0 aliphatic carbocycles. The molecule has 0 saturated heterocycles. The van der Waals surface area contributed by atoms with Gasteiger partial charge in [-0.15, -0.1) is 0 Å². The molecular weight excluding hydrogens is 190 g/mol. The van der Waals surface area contributed by atoms with Crippen LogP contribution in [0.15, 0.2) is 12.1 Å². The van der Waals surface area contributed by atoms with Gasteiger partial charge in [0.05, 0.1) is 14.2 Å². The zero-order valence-electron chi connectivity index (χ0n) is 10.0. The van der Waals surface area contributed by atoms with E-state index < -0.39 is 0 Å². The fraction of sp³-hybridized carbons (Fsp3) is 0.500. The van der Waals surface area contributed by atoms with Crippen LogP contribution >= 0.6 is 0 Å². The first-order valence-corrected chi connectivity index (χ1v) is 4.92. The smallest absolute Gasteiger partial charge is 0.162 e. The highest BCUT2D eigenvalue weighted by Crippen LogP contribution is 2.37. The zero-order chi connectivity index (χ0) is 11.6. The second-order valence-corrected chi connectivity index (χ2v) is 4.54. The van der Waals surface area contributed by atoms with Crippen LogP contribution in [-0.2, 0) is 5.41 Å². The monoisotopic (exact) mass is 209 g/mol. The van der Waals surface area contributed by atoms with Crippen LogP contribution < -0.4 is 15.2 Å². The molecule has 2 N–H and O–H groups in total. The van der Waals surface area contributed by atoms with E-state index in [1.54, 1.807) is 20.3 Å². The molecule has 0 bridgehead atoms. The Balaban J connectivity index is 3.32. The summed E-state index contributed by atoms with van der Waals surface area (Å²) in [4.78, 5) is 0. The Morgan fingerprint density at radius 3 is 1.87 bits per heavy atom. The predicted octanol–water partition coefficient (Wildman–Crippen LogP) is 2.58. The molecule has 0 radical (unpaired) electrons. The van der Waals surface area contributed by atoms with Crippen LogP contribution in [0, 0.1) is 0 Å². The molecule has 0 saturated carbocycles. The largest absolute Gasteiger partial charge is 0.493 e. The minimum Gasteiger partial charge on any atom is -0.493 e. The molecule has 15 heavy (non-hydrogen) atoms. The van der Waals surface area contributed by atoms with Gasteiger partial charge in [0.1, 0.15) is 0 Å². The average molecular weight is 209 g/mol. The van der Waals surface area contributed by atoms with E-state index in [1.165, 1.54) is 0 Å². The summed E-state index contributed by atoms with van der Waals surface area (Å²) in [6, 6.07) is 3.74. The third-order valence-electron chi connectivity index (χ3n) is 2.36. The summed E-state index contributed by atoms with van der Waals surface area (Å²) in [7, 11) is 3.23. The van der Waals surface area contributed by atoms with Crippen molar-refractivity contribution in [1.29, 1.82) is 0 Å². The van der Waals surface area contributed by atoms with E-state index in [2.05, 4.69) is 20.8 Å². The maximum absolute atomic E-state index is 5.97. The van der Waals surface area contributed by atoms with Gasteiger partial charge in [0, 0.05) is 11.8 Å². The van der Waals surface area contributed by atoms with Crippen molar-refractivity contribution in [2.45, 2.75) is 26.2 Å². The molecule has 3 heteroatoms. The van der Waals surface area contributed by atoms with Crippen molar-refractivity contribution >= 4 is 5.69 Å². The molecular formula is C12H19NO2. The number of hydrogen-bond donors (Lipinski definition) is 1. The van der Waals surface area contributed by atoms with Crippen LogP contribution in [0.25, 0.3) is 0 Å². The van der Waals surface area contributed by atoms with Crippen molar-refractivity contribution in [3.8, 4) is 11.5 Å². The summed E-state index contributed by atoms with van der Waals surface area (Å²) in [6.45, 7) is 6.35. The quantitative estimate of drug-likeness (QED) is 0.761. The third-order valence-corrected chi connectivity index (χ3v) is 2.36. The molecule has 0 fully saturated rings. The SMILES string of the molecule is COc1cc(N)c(C(C)(C)C)cc1OC. The lowest BCUT2D eigenvalue weighted by Crippen LogP contribution is -2.14. The number of hydrogen-bond acceptors (Lipinski definition) is 3. The van der Waals surface area contributed by atoms with Gasteiger partial charge in [0.15, 0.2) is 11.5 Å². The summed E-state index contributed by atoms with van der Waals surface area (Å²) in [5, 5.41) is 0. The average Bonchev–Trinajstić information content (AvgIpc) is 2.15. The first-order chi connectivity index (χ1) is 6.90. The fourth-order valence-corrected chi connectivity index (χ4v) is 1.54. The minimum absolute atomic E-state index is 0.00361. The summed E-state index contributed by atoms with van der Waals surface area (Å²) >= 11 is 0. The standard InChI is InChI=1S/C12H19NO2/c1-12(2,3)8-6-10(14-4)11(15-5)7-9(8)13/h6-7H,13H2,1-5H3. The Hall–Kier alpha value is -1.38. The van der Waals surface area contributed by atoms with Gasteiger partial charge in [-0.05, 0) is 17.0 Å². The van der Waals surface area contributed by atoms with Crippen LogP contribution in [0.3, 0.4) is 0 Å². The van der Waals surface area contributed by atoms with E-state index in [0.717, 1.165) is 17.0 Å². The highest BCUT2D eigenvalue weighted by atomic mass is 16.5. The normalized spacial score (nSPS) is 11.3. The zero-order valence-corrected chi connectivity index (χ0v) is 10.0. The van der Waals surface area contributed by atoms with Crippen LogP contribution in [0.1, 0.15) is 26.3 Å². The van der Waals surface area contributed by atoms with Crippen molar-refractivity contribution in [2.24, 2.45) is 0 Å². The molecule has 1 aromatic rings. The number of methoxy groups -OCH3 is 2. The molecule has 1 rings (SSSR count). The van der Waals surface area contributed by atoms with E-state index in [4.69, 9.17) is 15.2 Å². The Morgan fingerprint density at radius 2 is 1.47 bits per heavy atom. The first kappa shape index (κ1) is 11.7. The van der Waals surface area contributed by atoms with Crippen molar-refractivity contribution in [3.05, 3.63) is 17.7 Å². The molecule has 0 aliphatic rings. The van der Waals surface area contributed by atoms with Crippen molar-refractivity contribution < 1.29 is 9.47 Å². The van der Waals surface area contributed by atoms with Crippen LogP contribution in [0.4, 0.5) is 5.69 Å². The lowest BCUT2D eigenvalue weighted by molar-refractivity contribution is 0.354. The molecule has 0 unspecified atom stereocenters. The summed E-state index contributed by atoms with van der Waals surface area (Å²) in [6.07, 6.45) is 0. The molecule has 3 nitrogen and oxygen atoms in total. The number of nitrogens with two attached hydrogens (primary N) is 1. The van der Waals surface area contributed by atoms with Gasteiger partial charge >= 0.3 is 0 Å². The van der Waals surface area contributed by atoms with Gasteiger partial charge in [-0.1, -0.05) is 20.8 Å². The summed E-state index contributed by atoms with van der Waals surface area (Å²) < 4.78 is 10.4. The maximum Gasteiger partial charge on any atom is 0.162 e. The molecule has 0 amide bonds. The van der Waals surface area contributed by atoms with Crippen molar-refractivity contribution in [1.82, 2.24) is 0 Å². The van der Waals surface area contributed by atoms with E-state index in [-0.39, 0.29) is 5.41 Å². The first-order valence-electron chi connectivity index (χ1n) is 4.92. The lowest BCUT2D eigenvalue weighted by Gasteiger charge is -2.22. The minimum atomic E-state index is 0.00361. The topological polar surface area (TPSA) is 44.5 Å². The Labute approximate surface area is 91.2 Å². The third kappa shape index (κ3) is 2.35. The molecule has 1 aromatic carbocycles. The number of rotatable bonds is 2. The van der Waals surface area contributed by atoms with Gasteiger partial charge in [-0.2, -0.15) is 0 Å². The van der Waals surface area contributed by atoms with Crippen LogP contribution in [0.2, 0.25) is 0 Å².